The van der Waals surface area contributed by atoms with Gasteiger partial charge in [0.15, 0.2) is 0 Å². The fourth-order valence-corrected chi connectivity index (χ4v) is 2.90. The monoisotopic (exact) mass is 249 g/mol. The van der Waals surface area contributed by atoms with E-state index in [0.717, 1.165) is 4.88 Å². The van der Waals surface area contributed by atoms with Gasteiger partial charge in [-0.25, -0.2) is 4.98 Å². The summed E-state index contributed by atoms with van der Waals surface area (Å²) in [4.78, 5) is 4.10. The SMILES string of the molecule is Cc1nc(-c2cccs2)sc1C(F)(F)F. The normalized spacial score (nSPS) is 12.0. The van der Waals surface area contributed by atoms with Gasteiger partial charge in [0.1, 0.15) is 9.88 Å². The lowest BCUT2D eigenvalue weighted by Crippen LogP contribution is -2.03. The summed E-state index contributed by atoms with van der Waals surface area (Å²) in [5.74, 6) is 0. The second-order valence-corrected chi connectivity index (χ2v) is 4.86. The van der Waals surface area contributed by atoms with Crippen molar-refractivity contribution in [2.75, 3.05) is 0 Å². The summed E-state index contributed by atoms with van der Waals surface area (Å²) in [5.41, 5.74) is 0.0518. The van der Waals surface area contributed by atoms with Crippen LogP contribution < -0.4 is 0 Å². The lowest BCUT2D eigenvalue weighted by Gasteiger charge is -2.01. The first-order valence-electron chi connectivity index (χ1n) is 4.07. The Balaban J connectivity index is 2.47. The van der Waals surface area contributed by atoms with Gasteiger partial charge >= 0.3 is 6.18 Å². The van der Waals surface area contributed by atoms with Crippen molar-refractivity contribution in [1.29, 1.82) is 0 Å². The summed E-state index contributed by atoms with van der Waals surface area (Å²) in [5, 5.41) is 2.26. The average molecular weight is 249 g/mol. The van der Waals surface area contributed by atoms with Crippen LogP contribution in [-0.2, 0) is 6.18 Å². The molecule has 6 heteroatoms. The Morgan fingerprint density at radius 3 is 2.53 bits per heavy atom. The minimum absolute atomic E-state index is 0.0518. The zero-order chi connectivity index (χ0) is 11.1. The highest BCUT2D eigenvalue weighted by atomic mass is 32.1. The van der Waals surface area contributed by atoms with Gasteiger partial charge in [0, 0.05) is 0 Å². The molecule has 0 aromatic carbocycles. The second-order valence-electron chi connectivity index (χ2n) is 2.91. The van der Waals surface area contributed by atoms with Gasteiger partial charge in [-0.05, 0) is 18.4 Å². The molecule has 0 spiro atoms. The molecule has 0 bridgehead atoms. The van der Waals surface area contributed by atoms with Gasteiger partial charge in [-0.2, -0.15) is 13.2 Å². The molecule has 0 unspecified atom stereocenters. The Morgan fingerprint density at radius 2 is 2.07 bits per heavy atom. The van der Waals surface area contributed by atoms with Crippen LogP contribution in [0.4, 0.5) is 13.2 Å². The number of thiazole rings is 1. The third kappa shape index (κ3) is 2.05. The topological polar surface area (TPSA) is 12.9 Å². The maximum absolute atomic E-state index is 12.5. The Bertz CT molecular complexity index is 456. The van der Waals surface area contributed by atoms with E-state index in [1.807, 2.05) is 5.38 Å². The Labute approximate surface area is 92.2 Å². The Morgan fingerprint density at radius 1 is 1.33 bits per heavy atom. The molecular formula is C9H6F3NS2. The molecule has 0 aliphatic carbocycles. The van der Waals surface area contributed by atoms with Crippen LogP contribution in [0.5, 0.6) is 0 Å². The third-order valence-electron chi connectivity index (χ3n) is 1.79. The maximum Gasteiger partial charge on any atom is 0.427 e. The van der Waals surface area contributed by atoms with Crippen molar-refractivity contribution in [2.45, 2.75) is 13.1 Å². The molecule has 2 heterocycles. The molecule has 0 saturated heterocycles. The van der Waals surface area contributed by atoms with E-state index in [1.54, 1.807) is 12.1 Å². The Kier molecular flexibility index (Phi) is 2.56. The molecule has 0 amide bonds. The van der Waals surface area contributed by atoms with Crippen LogP contribution >= 0.6 is 22.7 Å². The molecule has 15 heavy (non-hydrogen) atoms. The van der Waals surface area contributed by atoms with Crippen LogP contribution in [0.1, 0.15) is 10.6 Å². The predicted molar refractivity (Wildman–Crippen MR) is 55.2 cm³/mol. The highest BCUT2D eigenvalue weighted by Crippen LogP contribution is 2.40. The number of aryl methyl sites for hydroxylation is 1. The number of hydrogen-bond donors (Lipinski definition) is 0. The van der Waals surface area contributed by atoms with Crippen LogP contribution in [0.25, 0.3) is 9.88 Å². The number of alkyl halides is 3. The van der Waals surface area contributed by atoms with E-state index in [-0.39, 0.29) is 5.69 Å². The summed E-state index contributed by atoms with van der Waals surface area (Å²) in [6, 6.07) is 3.56. The molecule has 0 N–H and O–H groups in total. The van der Waals surface area contributed by atoms with Crippen molar-refractivity contribution in [2.24, 2.45) is 0 Å². The Hall–Kier alpha value is -0.880. The van der Waals surface area contributed by atoms with Gasteiger partial charge in [0.05, 0.1) is 10.6 Å². The van der Waals surface area contributed by atoms with E-state index in [2.05, 4.69) is 4.98 Å². The van der Waals surface area contributed by atoms with Gasteiger partial charge < -0.3 is 0 Å². The summed E-state index contributed by atoms with van der Waals surface area (Å²) < 4.78 is 37.4. The van der Waals surface area contributed by atoms with Crippen LogP contribution in [0.15, 0.2) is 17.5 Å². The van der Waals surface area contributed by atoms with Gasteiger partial charge in [0.25, 0.3) is 0 Å². The fraction of sp³-hybridized carbons (Fsp3) is 0.222. The van der Waals surface area contributed by atoms with Crippen molar-refractivity contribution in [1.82, 2.24) is 4.98 Å². The third-order valence-corrected chi connectivity index (χ3v) is 4.03. The van der Waals surface area contributed by atoms with E-state index in [0.29, 0.717) is 16.3 Å². The molecule has 0 aliphatic heterocycles. The lowest BCUT2D eigenvalue weighted by atomic mass is 10.4. The molecule has 0 atom stereocenters. The maximum atomic E-state index is 12.5. The smallest absolute Gasteiger partial charge is 0.240 e. The molecule has 0 fully saturated rings. The number of aromatic nitrogens is 1. The molecule has 2 aromatic rings. The first kappa shape index (κ1) is 10.6. The van der Waals surface area contributed by atoms with E-state index in [4.69, 9.17) is 0 Å². The molecule has 2 aromatic heterocycles. The zero-order valence-electron chi connectivity index (χ0n) is 7.63. The summed E-state index contributed by atoms with van der Waals surface area (Å²) in [6.45, 7) is 1.39. The van der Waals surface area contributed by atoms with E-state index in [9.17, 15) is 13.2 Å². The zero-order valence-corrected chi connectivity index (χ0v) is 9.26. The lowest BCUT2D eigenvalue weighted by molar-refractivity contribution is -0.134. The van der Waals surface area contributed by atoms with Crippen molar-refractivity contribution in [3.63, 3.8) is 0 Å². The largest absolute Gasteiger partial charge is 0.427 e. The highest BCUT2D eigenvalue weighted by molar-refractivity contribution is 7.21. The quantitative estimate of drug-likeness (QED) is 0.738. The van der Waals surface area contributed by atoms with Crippen LogP contribution in [0.2, 0.25) is 0 Å². The second kappa shape index (κ2) is 3.61. The number of halogens is 3. The first-order valence-corrected chi connectivity index (χ1v) is 5.76. The van der Waals surface area contributed by atoms with Crippen LogP contribution in [0, 0.1) is 6.92 Å². The van der Waals surface area contributed by atoms with Crippen molar-refractivity contribution >= 4 is 22.7 Å². The average Bonchev–Trinajstić information content (AvgIpc) is 2.68. The van der Waals surface area contributed by atoms with E-state index < -0.39 is 11.1 Å². The van der Waals surface area contributed by atoms with Crippen LogP contribution in [-0.4, -0.2) is 4.98 Å². The minimum atomic E-state index is -4.29. The van der Waals surface area contributed by atoms with Gasteiger partial charge in [-0.3, -0.25) is 0 Å². The predicted octanol–water partition coefficient (Wildman–Crippen LogP) is 4.20. The van der Waals surface area contributed by atoms with Crippen molar-refractivity contribution < 1.29 is 13.2 Å². The minimum Gasteiger partial charge on any atom is -0.240 e. The fourth-order valence-electron chi connectivity index (χ4n) is 1.17. The molecule has 80 valence electrons. The van der Waals surface area contributed by atoms with Crippen molar-refractivity contribution in [3.05, 3.63) is 28.1 Å². The molecule has 0 aliphatic rings. The molecule has 0 radical (unpaired) electrons. The van der Waals surface area contributed by atoms with Gasteiger partial charge in [-0.1, -0.05) is 6.07 Å². The summed E-state index contributed by atoms with van der Waals surface area (Å²) in [7, 11) is 0. The highest BCUT2D eigenvalue weighted by Gasteiger charge is 2.35. The van der Waals surface area contributed by atoms with E-state index >= 15 is 0 Å². The standard InChI is InChI=1S/C9H6F3NS2/c1-5-7(9(10,11)12)15-8(13-5)6-3-2-4-14-6/h2-4H,1H3. The number of nitrogens with zero attached hydrogens (tertiary/aromatic N) is 1. The van der Waals surface area contributed by atoms with Gasteiger partial charge in [-0.15, -0.1) is 22.7 Å². The number of thiophene rings is 1. The molecule has 2 rings (SSSR count). The molecular weight excluding hydrogens is 243 g/mol. The van der Waals surface area contributed by atoms with Crippen LogP contribution in [0.3, 0.4) is 0 Å². The van der Waals surface area contributed by atoms with Crippen molar-refractivity contribution in [3.8, 4) is 9.88 Å². The first-order chi connectivity index (χ1) is 6.98. The number of hydrogen-bond acceptors (Lipinski definition) is 3. The molecule has 0 saturated carbocycles. The molecule has 1 nitrogen and oxygen atoms in total. The van der Waals surface area contributed by atoms with Gasteiger partial charge in [0.2, 0.25) is 0 Å². The summed E-state index contributed by atoms with van der Waals surface area (Å²) in [6.07, 6.45) is -4.29. The van der Waals surface area contributed by atoms with E-state index in [1.165, 1.54) is 18.3 Å². The number of rotatable bonds is 1. The summed E-state index contributed by atoms with van der Waals surface area (Å²) >= 11 is 2.09.